The smallest absolute Gasteiger partial charge is 0.121 e. The molecule has 1 nitrogen and oxygen atoms in total. The van der Waals surface area contributed by atoms with Crippen molar-refractivity contribution in [3.63, 3.8) is 0 Å². The quantitative estimate of drug-likeness (QED) is 0.552. The zero-order valence-electron chi connectivity index (χ0n) is 8.67. The predicted octanol–water partition coefficient (Wildman–Crippen LogP) is 2.36. The normalized spacial score (nSPS) is 29.3. The van der Waals surface area contributed by atoms with Gasteiger partial charge < -0.3 is 4.48 Å². The number of likely N-dealkylation sites (N-methyl/N-ethyl adjacent to an activating group) is 1. The molecular formula is C11H20N+. The molecule has 1 heteroatoms. The Kier molecular flexibility index (Phi) is 2.43. The van der Waals surface area contributed by atoms with E-state index in [1.165, 1.54) is 12.8 Å². The van der Waals surface area contributed by atoms with Gasteiger partial charge in [-0.25, -0.2) is 0 Å². The van der Waals surface area contributed by atoms with E-state index in [2.05, 4.69) is 52.4 Å². The summed E-state index contributed by atoms with van der Waals surface area (Å²) >= 11 is 0. The zero-order valence-corrected chi connectivity index (χ0v) is 8.67. The standard InChI is InChI=1S/C11H20N/c1-5-11(12(2,3)4)9-7-6-8-10-11/h6-9H,5,10H2,1-4H3/q+1/t11-/m1/s1. The summed E-state index contributed by atoms with van der Waals surface area (Å²) in [6.07, 6.45) is 11.3. The maximum atomic E-state index is 2.35. The average Bonchev–Trinajstić information content (AvgIpc) is 2.04. The van der Waals surface area contributed by atoms with Crippen molar-refractivity contribution in [1.82, 2.24) is 0 Å². The second kappa shape index (κ2) is 3.06. The molecule has 0 fully saturated rings. The Bertz CT molecular complexity index is 208. The molecular weight excluding hydrogens is 146 g/mol. The highest BCUT2D eigenvalue weighted by atomic mass is 15.3. The summed E-state index contributed by atoms with van der Waals surface area (Å²) in [6.45, 7) is 2.27. The van der Waals surface area contributed by atoms with Crippen LogP contribution in [0.1, 0.15) is 19.8 Å². The average molecular weight is 166 g/mol. The van der Waals surface area contributed by atoms with Crippen LogP contribution in [-0.2, 0) is 0 Å². The van der Waals surface area contributed by atoms with Crippen LogP contribution in [0.3, 0.4) is 0 Å². The van der Waals surface area contributed by atoms with Gasteiger partial charge in [-0.05, 0) is 6.08 Å². The Labute approximate surface area is 76.0 Å². The van der Waals surface area contributed by atoms with Crippen LogP contribution in [0.4, 0.5) is 0 Å². The largest absolute Gasteiger partial charge is 0.323 e. The summed E-state index contributed by atoms with van der Waals surface area (Å²) in [5, 5.41) is 0. The summed E-state index contributed by atoms with van der Waals surface area (Å²) < 4.78 is 1.02. The first-order valence-corrected chi connectivity index (χ1v) is 4.68. The van der Waals surface area contributed by atoms with E-state index in [-0.39, 0.29) is 0 Å². The number of hydrogen-bond donors (Lipinski definition) is 0. The maximum Gasteiger partial charge on any atom is 0.121 e. The molecule has 0 aromatic rings. The minimum Gasteiger partial charge on any atom is -0.323 e. The first kappa shape index (κ1) is 9.53. The number of nitrogens with zero attached hydrogens (tertiary/aromatic N) is 1. The van der Waals surface area contributed by atoms with Gasteiger partial charge in [-0.3, -0.25) is 0 Å². The zero-order chi connectivity index (χ0) is 9.24. The van der Waals surface area contributed by atoms with Crippen LogP contribution in [0, 0.1) is 0 Å². The lowest BCUT2D eigenvalue weighted by Crippen LogP contribution is -2.55. The van der Waals surface area contributed by atoms with Crippen LogP contribution >= 0.6 is 0 Å². The van der Waals surface area contributed by atoms with Gasteiger partial charge in [0.15, 0.2) is 0 Å². The van der Waals surface area contributed by atoms with Crippen LogP contribution in [0.5, 0.6) is 0 Å². The molecule has 0 unspecified atom stereocenters. The lowest BCUT2D eigenvalue weighted by atomic mass is 9.85. The van der Waals surface area contributed by atoms with Crippen molar-refractivity contribution < 1.29 is 4.48 Å². The molecule has 0 aromatic heterocycles. The minimum atomic E-state index is 0.328. The van der Waals surface area contributed by atoms with Crippen LogP contribution < -0.4 is 0 Å². The molecule has 0 aliphatic heterocycles. The highest BCUT2D eigenvalue weighted by Crippen LogP contribution is 2.31. The Morgan fingerprint density at radius 2 is 1.92 bits per heavy atom. The molecule has 1 atom stereocenters. The van der Waals surface area contributed by atoms with E-state index in [0.29, 0.717) is 5.54 Å². The fraction of sp³-hybridized carbons (Fsp3) is 0.636. The Morgan fingerprint density at radius 3 is 2.17 bits per heavy atom. The molecule has 0 radical (unpaired) electrons. The van der Waals surface area contributed by atoms with Crippen molar-refractivity contribution in [2.45, 2.75) is 25.3 Å². The van der Waals surface area contributed by atoms with Gasteiger partial charge in [0.25, 0.3) is 0 Å². The van der Waals surface area contributed by atoms with E-state index in [1.54, 1.807) is 0 Å². The molecule has 0 bridgehead atoms. The van der Waals surface area contributed by atoms with Crippen molar-refractivity contribution in [2.24, 2.45) is 0 Å². The number of allylic oxidation sites excluding steroid dienone is 2. The van der Waals surface area contributed by atoms with E-state index in [9.17, 15) is 0 Å². The molecule has 12 heavy (non-hydrogen) atoms. The monoisotopic (exact) mass is 166 g/mol. The summed E-state index contributed by atoms with van der Waals surface area (Å²) in [6, 6.07) is 0. The highest BCUT2D eigenvalue weighted by molar-refractivity contribution is 5.18. The van der Waals surface area contributed by atoms with E-state index in [4.69, 9.17) is 0 Å². The van der Waals surface area contributed by atoms with E-state index in [1.807, 2.05) is 0 Å². The third kappa shape index (κ3) is 1.46. The third-order valence-electron chi connectivity index (χ3n) is 3.07. The van der Waals surface area contributed by atoms with Gasteiger partial charge >= 0.3 is 0 Å². The van der Waals surface area contributed by atoms with Crippen LogP contribution in [0.25, 0.3) is 0 Å². The molecule has 0 saturated heterocycles. The van der Waals surface area contributed by atoms with E-state index >= 15 is 0 Å². The van der Waals surface area contributed by atoms with Crippen molar-refractivity contribution >= 4 is 0 Å². The minimum absolute atomic E-state index is 0.328. The second-order valence-electron chi connectivity index (χ2n) is 4.46. The lowest BCUT2D eigenvalue weighted by molar-refractivity contribution is -0.916. The molecule has 0 heterocycles. The number of quaternary nitrogens is 1. The Morgan fingerprint density at radius 1 is 1.25 bits per heavy atom. The van der Waals surface area contributed by atoms with Gasteiger partial charge in [0, 0.05) is 12.8 Å². The SMILES string of the molecule is CC[C@@]1([N+](C)(C)C)C=CC=CC1. The van der Waals surface area contributed by atoms with Gasteiger partial charge in [-0.2, -0.15) is 0 Å². The van der Waals surface area contributed by atoms with E-state index < -0.39 is 0 Å². The van der Waals surface area contributed by atoms with E-state index in [0.717, 1.165) is 4.48 Å². The molecule has 1 aliphatic carbocycles. The van der Waals surface area contributed by atoms with Crippen LogP contribution in [-0.4, -0.2) is 31.2 Å². The Hall–Kier alpha value is -0.560. The summed E-state index contributed by atoms with van der Waals surface area (Å²) in [5.74, 6) is 0. The third-order valence-corrected chi connectivity index (χ3v) is 3.07. The molecule has 0 aromatic carbocycles. The summed E-state index contributed by atoms with van der Waals surface area (Å²) in [4.78, 5) is 0. The lowest BCUT2D eigenvalue weighted by Gasteiger charge is -2.44. The highest BCUT2D eigenvalue weighted by Gasteiger charge is 2.38. The first-order chi connectivity index (χ1) is 5.52. The van der Waals surface area contributed by atoms with Gasteiger partial charge in [-0.1, -0.05) is 25.2 Å². The van der Waals surface area contributed by atoms with Crippen molar-refractivity contribution in [2.75, 3.05) is 21.1 Å². The van der Waals surface area contributed by atoms with Crippen molar-refractivity contribution in [3.05, 3.63) is 24.3 Å². The maximum absolute atomic E-state index is 2.35. The van der Waals surface area contributed by atoms with Gasteiger partial charge in [0.05, 0.1) is 21.1 Å². The first-order valence-electron chi connectivity index (χ1n) is 4.68. The molecule has 0 spiro atoms. The molecule has 68 valence electrons. The fourth-order valence-corrected chi connectivity index (χ4v) is 1.89. The fourth-order valence-electron chi connectivity index (χ4n) is 1.89. The Balaban J connectivity index is 2.91. The molecule has 0 amide bonds. The topological polar surface area (TPSA) is 0 Å². The molecule has 0 N–H and O–H groups in total. The van der Waals surface area contributed by atoms with Crippen LogP contribution in [0.15, 0.2) is 24.3 Å². The van der Waals surface area contributed by atoms with Crippen molar-refractivity contribution in [1.29, 1.82) is 0 Å². The van der Waals surface area contributed by atoms with Crippen molar-refractivity contribution in [3.8, 4) is 0 Å². The van der Waals surface area contributed by atoms with Crippen LogP contribution in [0.2, 0.25) is 0 Å². The number of hydrogen-bond acceptors (Lipinski definition) is 0. The van der Waals surface area contributed by atoms with Gasteiger partial charge in [0.1, 0.15) is 5.54 Å². The number of rotatable bonds is 2. The molecule has 1 rings (SSSR count). The second-order valence-corrected chi connectivity index (χ2v) is 4.46. The molecule has 1 aliphatic rings. The van der Waals surface area contributed by atoms with Gasteiger partial charge in [-0.15, -0.1) is 0 Å². The summed E-state index contributed by atoms with van der Waals surface area (Å²) in [7, 11) is 6.81. The molecule has 0 saturated carbocycles. The predicted molar refractivity (Wildman–Crippen MR) is 54.0 cm³/mol. The van der Waals surface area contributed by atoms with Gasteiger partial charge in [0.2, 0.25) is 0 Å². The summed E-state index contributed by atoms with van der Waals surface area (Å²) in [5.41, 5.74) is 0.328.